The molecule has 0 aromatic carbocycles. The van der Waals surface area contributed by atoms with Gasteiger partial charge < -0.3 is 15.7 Å². The van der Waals surface area contributed by atoms with Crippen LogP contribution in [0.15, 0.2) is 18.5 Å². The maximum atomic E-state index is 12.1. The zero-order valence-corrected chi connectivity index (χ0v) is 8.97. The first-order chi connectivity index (χ1) is 7.72. The first-order valence-corrected chi connectivity index (χ1v) is 5.37. The lowest BCUT2D eigenvalue weighted by molar-refractivity contribution is 0.0740. The molecule has 86 valence electrons. The summed E-state index contributed by atoms with van der Waals surface area (Å²) in [7, 11) is 0. The van der Waals surface area contributed by atoms with Crippen molar-refractivity contribution in [3.05, 3.63) is 24.0 Å². The molecule has 1 aromatic heterocycles. The largest absolute Gasteiger partial charge is 0.506 e. The van der Waals surface area contributed by atoms with Gasteiger partial charge in [0.15, 0.2) is 0 Å². The molecule has 5 nitrogen and oxygen atoms in total. The van der Waals surface area contributed by atoms with E-state index in [0.717, 1.165) is 19.4 Å². The van der Waals surface area contributed by atoms with Crippen LogP contribution in [0, 0.1) is 0 Å². The zero-order valence-electron chi connectivity index (χ0n) is 8.97. The molecule has 1 unspecified atom stereocenters. The Morgan fingerprint density at radius 2 is 2.44 bits per heavy atom. The average molecular weight is 221 g/mol. The molecule has 1 amide bonds. The molecule has 1 aliphatic heterocycles. The van der Waals surface area contributed by atoms with Crippen LogP contribution in [0.1, 0.15) is 23.2 Å². The monoisotopic (exact) mass is 221 g/mol. The van der Waals surface area contributed by atoms with E-state index in [0.29, 0.717) is 12.1 Å². The number of nitrogens with zero attached hydrogens (tertiary/aromatic N) is 2. The van der Waals surface area contributed by atoms with Gasteiger partial charge in [0.2, 0.25) is 0 Å². The van der Waals surface area contributed by atoms with E-state index in [1.54, 1.807) is 4.90 Å². The SMILES string of the molecule is NCC1CCCN1C(=O)c1cncc(O)c1. The van der Waals surface area contributed by atoms with Gasteiger partial charge in [-0.3, -0.25) is 9.78 Å². The Hall–Kier alpha value is -1.62. The fraction of sp³-hybridized carbons (Fsp3) is 0.455. The van der Waals surface area contributed by atoms with E-state index in [4.69, 9.17) is 5.73 Å². The molecule has 1 saturated heterocycles. The normalized spacial score (nSPS) is 20.1. The van der Waals surface area contributed by atoms with Gasteiger partial charge in [0.1, 0.15) is 5.75 Å². The molecule has 0 saturated carbocycles. The number of carbonyl (C=O) groups excluding carboxylic acids is 1. The molecule has 5 heteroatoms. The number of pyridine rings is 1. The lowest BCUT2D eigenvalue weighted by Crippen LogP contribution is -2.39. The van der Waals surface area contributed by atoms with Gasteiger partial charge in [-0.1, -0.05) is 0 Å². The quantitative estimate of drug-likeness (QED) is 0.755. The Balaban J connectivity index is 2.18. The van der Waals surface area contributed by atoms with Gasteiger partial charge in [0.05, 0.1) is 11.8 Å². The fourth-order valence-electron chi connectivity index (χ4n) is 2.06. The number of hydrogen-bond acceptors (Lipinski definition) is 4. The summed E-state index contributed by atoms with van der Waals surface area (Å²) in [6.07, 6.45) is 4.71. The number of aromatic nitrogens is 1. The molecular weight excluding hydrogens is 206 g/mol. The Labute approximate surface area is 93.9 Å². The van der Waals surface area contributed by atoms with Crippen LogP contribution in [0.4, 0.5) is 0 Å². The van der Waals surface area contributed by atoms with Crippen LogP contribution in [0.25, 0.3) is 0 Å². The maximum Gasteiger partial charge on any atom is 0.255 e. The molecule has 0 bridgehead atoms. The Bertz CT molecular complexity index is 395. The first kappa shape index (κ1) is 10.9. The minimum absolute atomic E-state index is 0.00865. The topological polar surface area (TPSA) is 79.5 Å². The lowest BCUT2D eigenvalue weighted by atomic mass is 10.2. The molecular formula is C11H15N3O2. The van der Waals surface area contributed by atoms with Crippen molar-refractivity contribution >= 4 is 5.91 Å². The van der Waals surface area contributed by atoms with Crippen molar-refractivity contribution in [2.24, 2.45) is 5.73 Å². The maximum absolute atomic E-state index is 12.1. The first-order valence-electron chi connectivity index (χ1n) is 5.37. The van der Waals surface area contributed by atoms with Gasteiger partial charge in [-0.15, -0.1) is 0 Å². The summed E-state index contributed by atoms with van der Waals surface area (Å²) in [6, 6.07) is 1.55. The van der Waals surface area contributed by atoms with Crippen molar-refractivity contribution in [1.82, 2.24) is 9.88 Å². The number of likely N-dealkylation sites (tertiary alicyclic amines) is 1. The van der Waals surface area contributed by atoms with Gasteiger partial charge >= 0.3 is 0 Å². The van der Waals surface area contributed by atoms with Crippen molar-refractivity contribution in [3.8, 4) is 5.75 Å². The van der Waals surface area contributed by atoms with Crippen LogP contribution in [0.5, 0.6) is 5.75 Å². The third kappa shape index (κ3) is 1.99. The van der Waals surface area contributed by atoms with Crippen molar-refractivity contribution in [3.63, 3.8) is 0 Å². The summed E-state index contributed by atoms with van der Waals surface area (Å²) in [4.78, 5) is 17.6. The number of aromatic hydroxyl groups is 1. The molecule has 0 aliphatic carbocycles. The number of amides is 1. The Morgan fingerprint density at radius 1 is 1.62 bits per heavy atom. The molecule has 0 radical (unpaired) electrons. The molecule has 1 aromatic rings. The minimum Gasteiger partial charge on any atom is -0.506 e. The molecule has 0 spiro atoms. The number of nitrogens with two attached hydrogens (primary N) is 1. The second kappa shape index (κ2) is 4.49. The standard InChI is InChI=1S/C11H15N3O2/c12-5-9-2-1-3-14(9)11(16)8-4-10(15)7-13-6-8/h4,6-7,9,15H,1-3,5,12H2. The predicted octanol–water partition coefficient (Wildman–Crippen LogP) is 0.350. The van der Waals surface area contributed by atoms with E-state index < -0.39 is 0 Å². The van der Waals surface area contributed by atoms with Crippen molar-refractivity contribution < 1.29 is 9.90 Å². The van der Waals surface area contributed by atoms with Crippen molar-refractivity contribution in [2.45, 2.75) is 18.9 Å². The summed E-state index contributed by atoms with van der Waals surface area (Å²) in [5.74, 6) is -0.0919. The van der Waals surface area contributed by atoms with Gasteiger partial charge in [-0.05, 0) is 18.9 Å². The fourth-order valence-corrected chi connectivity index (χ4v) is 2.06. The molecule has 1 atom stereocenters. The van der Waals surface area contributed by atoms with E-state index in [2.05, 4.69) is 4.98 Å². The van der Waals surface area contributed by atoms with Crippen molar-refractivity contribution in [1.29, 1.82) is 0 Å². The second-order valence-corrected chi connectivity index (χ2v) is 3.96. The van der Waals surface area contributed by atoms with Crippen LogP contribution in [0.3, 0.4) is 0 Å². The third-order valence-electron chi connectivity index (χ3n) is 2.88. The highest BCUT2D eigenvalue weighted by atomic mass is 16.3. The van der Waals surface area contributed by atoms with Crippen LogP contribution in [-0.4, -0.2) is 40.0 Å². The number of carbonyl (C=O) groups is 1. The van der Waals surface area contributed by atoms with Gasteiger partial charge in [-0.2, -0.15) is 0 Å². The second-order valence-electron chi connectivity index (χ2n) is 3.96. The van der Waals surface area contributed by atoms with Gasteiger partial charge in [0.25, 0.3) is 5.91 Å². The Morgan fingerprint density at radius 3 is 3.12 bits per heavy atom. The molecule has 1 fully saturated rings. The van der Waals surface area contributed by atoms with Gasteiger partial charge in [0, 0.05) is 25.3 Å². The summed E-state index contributed by atoms with van der Waals surface area (Å²) in [5.41, 5.74) is 6.03. The van der Waals surface area contributed by atoms with E-state index in [1.165, 1.54) is 18.5 Å². The molecule has 16 heavy (non-hydrogen) atoms. The van der Waals surface area contributed by atoms with E-state index in [1.807, 2.05) is 0 Å². The van der Waals surface area contributed by atoms with E-state index in [-0.39, 0.29) is 17.7 Å². The molecule has 2 rings (SSSR count). The average Bonchev–Trinajstić information content (AvgIpc) is 2.76. The van der Waals surface area contributed by atoms with Crippen molar-refractivity contribution in [2.75, 3.05) is 13.1 Å². The van der Waals surface area contributed by atoms with Crippen LogP contribution in [-0.2, 0) is 0 Å². The number of rotatable bonds is 2. The summed E-state index contributed by atoms with van der Waals surface area (Å²) in [6.45, 7) is 1.22. The molecule has 3 N–H and O–H groups in total. The van der Waals surface area contributed by atoms with E-state index >= 15 is 0 Å². The van der Waals surface area contributed by atoms with Crippen LogP contribution in [0.2, 0.25) is 0 Å². The third-order valence-corrected chi connectivity index (χ3v) is 2.88. The highest BCUT2D eigenvalue weighted by Gasteiger charge is 2.28. The molecule has 1 aliphatic rings. The molecule has 2 heterocycles. The smallest absolute Gasteiger partial charge is 0.255 e. The predicted molar refractivity (Wildman–Crippen MR) is 59.0 cm³/mol. The summed E-state index contributed by atoms with van der Waals surface area (Å²) >= 11 is 0. The van der Waals surface area contributed by atoms with Crippen LogP contribution < -0.4 is 5.73 Å². The zero-order chi connectivity index (χ0) is 11.5. The number of hydrogen-bond donors (Lipinski definition) is 2. The highest BCUT2D eigenvalue weighted by Crippen LogP contribution is 2.20. The Kier molecular flexibility index (Phi) is 3.05. The summed E-state index contributed by atoms with van der Waals surface area (Å²) < 4.78 is 0. The van der Waals surface area contributed by atoms with Gasteiger partial charge in [-0.25, -0.2) is 0 Å². The van der Waals surface area contributed by atoms with Crippen LogP contribution >= 0.6 is 0 Å². The minimum atomic E-state index is -0.101. The summed E-state index contributed by atoms with van der Waals surface area (Å²) in [5, 5.41) is 9.27. The van der Waals surface area contributed by atoms with E-state index in [9.17, 15) is 9.90 Å². The highest BCUT2D eigenvalue weighted by molar-refractivity contribution is 5.94. The lowest BCUT2D eigenvalue weighted by Gasteiger charge is -2.23.